The minimum Gasteiger partial charge on any atom is -0.494 e. The van der Waals surface area contributed by atoms with Crippen molar-refractivity contribution in [2.75, 3.05) is 13.2 Å². The molecule has 0 fully saturated rings. The molecule has 0 atom stereocenters. The van der Waals surface area contributed by atoms with Gasteiger partial charge in [-0.05, 0) is 58.6 Å². The number of thiophene rings is 1. The van der Waals surface area contributed by atoms with E-state index in [1.807, 2.05) is 30.5 Å². The molecule has 0 amide bonds. The van der Waals surface area contributed by atoms with Crippen LogP contribution in [0.4, 0.5) is 0 Å². The van der Waals surface area contributed by atoms with Crippen molar-refractivity contribution in [3.63, 3.8) is 0 Å². The molecule has 2 rings (SSSR count). The first kappa shape index (κ1) is 14.1. The van der Waals surface area contributed by atoms with E-state index in [4.69, 9.17) is 9.47 Å². The zero-order chi connectivity index (χ0) is 13.7. The molecule has 0 aliphatic carbocycles. The molecule has 0 radical (unpaired) electrons. The fourth-order valence-electron chi connectivity index (χ4n) is 1.51. The zero-order valence-corrected chi connectivity index (χ0v) is 12.8. The van der Waals surface area contributed by atoms with Gasteiger partial charge in [-0.25, -0.2) is 0 Å². The highest BCUT2D eigenvalue weighted by Gasteiger charge is 2.12. The number of ether oxygens (including phenoxy) is 2. The summed E-state index contributed by atoms with van der Waals surface area (Å²) >= 11 is 4.74. The lowest BCUT2D eigenvalue weighted by Gasteiger charge is -2.06. The van der Waals surface area contributed by atoms with Crippen molar-refractivity contribution in [3.8, 4) is 11.5 Å². The van der Waals surface area contributed by atoms with Crippen LogP contribution in [-0.4, -0.2) is 19.0 Å². The van der Waals surface area contributed by atoms with Crippen molar-refractivity contribution < 1.29 is 14.3 Å². The molecule has 1 aromatic carbocycles. The second kappa shape index (κ2) is 6.73. The first-order valence-corrected chi connectivity index (χ1v) is 7.50. The zero-order valence-electron chi connectivity index (χ0n) is 10.4. The highest BCUT2D eigenvalue weighted by Crippen LogP contribution is 2.23. The number of carbonyl (C=O) groups excluding carboxylic acids is 1. The van der Waals surface area contributed by atoms with Gasteiger partial charge in [-0.15, -0.1) is 11.3 Å². The summed E-state index contributed by atoms with van der Waals surface area (Å²) < 4.78 is 11.6. The van der Waals surface area contributed by atoms with Gasteiger partial charge < -0.3 is 9.47 Å². The number of benzene rings is 1. The van der Waals surface area contributed by atoms with Crippen molar-refractivity contribution >= 4 is 33.0 Å². The molecule has 0 spiro atoms. The van der Waals surface area contributed by atoms with Crippen LogP contribution in [0.5, 0.6) is 11.5 Å². The van der Waals surface area contributed by atoms with Crippen LogP contribution in [0.2, 0.25) is 0 Å². The molecule has 100 valence electrons. The average Bonchev–Trinajstić information content (AvgIpc) is 2.84. The largest absolute Gasteiger partial charge is 0.494 e. The van der Waals surface area contributed by atoms with Crippen LogP contribution in [0.15, 0.2) is 40.2 Å². The Balaban J connectivity index is 1.92. The predicted octanol–water partition coefficient (Wildman–Crippen LogP) is 4.17. The van der Waals surface area contributed by atoms with E-state index in [0.717, 1.165) is 10.2 Å². The van der Waals surface area contributed by atoms with Crippen molar-refractivity contribution in [2.24, 2.45) is 0 Å². The third-order valence-corrected chi connectivity index (χ3v) is 4.25. The maximum Gasteiger partial charge on any atom is 0.211 e. The summed E-state index contributed by atoms with van der Waals surface area (Å²) in [6.45, 7) is 2.60. The van der Waals surface area contributed by atoms with E-state index in [1.54, 1.807) is 12.1 Å². The van der Waals surface area contributed by atoms with Gasteiger partial charge in [0.15, 0.2) is 6.61 Å². The third-order valence-electron chi connectivity index (χ3n) is 2.38. The Morgan fingerprint density at radius 2 is 1.79 bits per heavy atom. The number of Topliss-reactive ketones (excluding diaryl/α,β-unsaturated/α-hetero) is 1. The number of halogens is 1. The van der Waals surface area contributed by atoms with E-state index >= 15 is 0 Å². The number of hydrogen-bond acceptors (Lipinski definition) is 4. The second-order valence-electron chi connectivity index (χ2n) is 3.71. The van der Waals surface area contributed by atoms with Crippen LogP contribution in [0.3, 0.4) is 0 Å². The Morgan fingerprint density at radius 1 is 1.16 bits per heavy atom. The van der Waals surface area contributed by atoms with Gasteiger partial charge in [0.05, 0.1) is 11.5 Å². The molecule has 5 heteroatoms. The van der Waals surface area contributed by atoms with Crippen LogP contribution in [0.25, 0.3) is 0 Å². The van der Waals surface area contributed by atoms with Gasteiger partial charge in [0.25, 0.3) is 0 Å². The summed E-state index contributed by atoms with van der Waals surface area (Å²) in [5.74, 6) is 1.42. The van der Waals surface area contributed by atoms with Crippen LogP contribution >= 0.6 is 27.3 Å². The average molecular weight is 341 g/mol. The molecule has 1 aromatic heterocycles. The Labute approximate surface area is 124 Å². The summed E-state index contributed by atoms with van der Waals surface area (Å²) in [5, 5.41) is 1.87. The monoisotopic (exact) mass is 340 g/mol. The maximum atomic E-state index is 11.9. The number of hydrogen-bond donors (Lipinski definition) is 0. The van der Waals surface area contributed by atoms with Crippen LogP contribution < -0.4 is 9.47 Å². The number of carbonyl (C=O) groups is 1. The Hall–Kier alpha value is -1.33. The van der Waals surface area contributed by atoms with Gasteiger partial charge >= 0.3 is 0 Å². The van der Waals surface area contributed by atoms with Crippen LogP contribution in [0, 0.1) is 0 Å². The molecular formula is C14H13BrO3S. The molecule has 0 bridgehead atoms. The van der Waals surface area contributed by atoms with E-state index < -0.39 is 0 Å². The van der Waals surface area contributed by atoms with E-state index in [1.165, 1.54) is 11.3 Å². The molecule has 0 N–H and O–H groups in total. The van der Waals surface area contributed by atoms with Crippen molar-refractivity contribution in [2.45, 2.75) is 6.92 Å². The summed E-state index contributed by atoms with van der Waals surface area (Å²) in [4.78, 5) is 12.6. The van der Waals surface area contributed by atoms with Crippen LogP contribution in [0.1, 0.15) is 16.6 Å². The molecule has 0 unspecified atom stereocenters. The van der Waals surface area contributed by atoms with E-state index in [2.05, 4.69) is 15.9 Å². The van der Waals surface area contributed by atoms with Gasteiger partial charge in [0.2, 0.25) is 5.78 Å². The molecule has 0 aliphatic heterocycles. The Bertz CT molecular complexity index is 548. The summed E-state index contributed by atoms with van der Waals surface area (Å²) in [7, 11) is 0. The first-order chi connectivity index (χ1) is 9.20. The van der Waals surface area contributed by atoms with Crippen LogP contribution in [-0.2, 0) is 0 Å². The molecule has 1 heterocycles. The standard InChI is InChI=1S/C14H13BrO3S/c1-2-17-10-3-5-11(6-4-10)18-9-13(16)14-12(15)7-8-19-14/h3-8H,2,9H2,1H3. The van der Waals surface area contributed by atoms with Gasteiger partial charge in [-0.2, -0.15) is 0 Å². The second-order valence-corrected chi connectivity index (χ2v) is 5.48. The lowest BCUT2D eigenvalue weighted by atomic mass is 10.3. The van der Waals surface area contributed by atoms with E-state index in [9.17, 15) is 4.79 Å². The van der Waals surface area contributed by atoms with E-state index in [0.29, 0.717) is 17.2 Å². The van der Waals surface area contributed by atoms with Crippen molar-refractivity contribution in [1.82, 2.24) is 0 Å². The normalized spacial score (nSPS) is 10.2. The quantitative estimate of drug-likeness (QED) is 0.740. The first-order valence-electron chi connectivity index (χ1n) is 5.82. The number of rotatable bonds is 6. The fraction of sp³-hybridized carbons (Fsp3) is 0.214. The Kier molecular flexibility index (Phi) is 4.99. The van der Waals surface area contributed by atoms with Gasteiger partial charge in [-0.3, -0.25) is 4.79 Å². The SMILES string of the molecule is CCOc1ccc(OCC(=O)c2sccc2Br)cc1. The minimum absolute atomic E-state index is 0.0317. The molecule has 2 aromatic rings. The molecule has 0 aliphatic rings. The molecular weight excluding hydrogens is 328 g/mol. The smallest absolute Gasteiger partial charge is 0.211 e. The fourth-order valence-corrected chi connectivity index (χ4v) is 3.03. The van der Waals surface area contributed by atoms with Gasteiger partial charge in [0.1, 0.15) is 11.5 Å². The molecule has 0 saturated heterocycles. The van der Waals surface area contributed by atoms with Gasteiger partial charge in [0, 0.05) is 4.47 Å². The molecule has 0 saturated carbocycles. The Morgan fingerprint density at radius 3 is 2.32 bits per heavy atom. The molecule has 19 heavy (non-hydrogen) atoms. The summed E-state index contributed by atoms with van der Waals surface area (Å²) in [6, 6.07) is 9.09. The topological polar surface area (TPSA) is 35.5 Å². The highest BCUT2D eigenvalue weighted by molar-refractivity contribution is 9.10. The van der Waals surface area contributed by atoms with Gasteiger partial charge in [-0.1, -0.05) is 0 Å². The van der Waals surface area contributed by atoms with E-state index in [-0.39, 0.29) is 12.4 Å². The molecule has 3 nitrogen and oxygen atoms in total. The summed E-state index contributed by atoms with van der Waals surface area (Å²) in [5.41, 5.74) is 0. The highest BCUT2D eigenvalue weighted by atomic mass is 79.9. The summed E-state index contributed by atoms with van der Waals surface area (Å²) in [6.07, 6.45) is 0. The van der Waals surface area contributed by atoms with Crippen molar-refractivity contribution in [3.05, 3.63) is 45.1 Å². The number of ketones is 1. The minimum atomic E-state index is -0.0317. The maximum absolute atomic E-state index is 11.9. The predicted molar refractivity (Wildman–Crippen MR) is 79.5 cm³/mol. The lowest BCUT2D eigenvalue weighted by molar-refractivity contribution is 0.0925. The third kappa shape index (κ3) is 3.81. The van der Waals surface area contributed by atoms with Crippen molar-refractivity contribution in [1.29, 1.82) is 0 Å². The lowest BCUT2D eigenvalue weighted by Crippen LogP contribution is -2.10.